The Balaban J connectivity index is 1.44. The highest BCUT2D eigenvalue weighted by atomic mass is 32.2. The monoisotopic (exact) mass is 422 g/mol. The van der Waals surface area contributed by atoms with Gasteiger partial charge in [0.05, 0.1) is 12.0 Å². The lowest BCUT2D eigenvalue weighted by Crippen LogP contribution is -2.29. The second-order valence-electron chi connectivity index (χ2n) is 7.54. The number of ether oxygens (including phenoxy) is 1. The van der Waals surface area contributed by atoms with Gasteiger partial charge in [0.25, 0.3) is 11.1 Å². The van der Waals surface area contributed by atoms with Gasteiger partial charge in [-0.2, -0.15) is 0 Å². The molecule has 4 rings (SSSR count). The van der Waals surface area contributed by atoms with Crippen LogP contribution in [-0.4, -0.2) is 42.8 Å². The molecule has 0 aliphatic carbocycles. The number of anilines is 1. The fraction of sp³-hybridized carbons (Fsp3) is 0.333. The quantitative estimate of drug-likeness (QED) is 0.590. The Morgan fingerprint density at radius 3 is 2.57 bits per heavy atom. The minimum atomic E-state index is -0.219. The van der Waals surface area contributed by atoms with Crippen molar-refractivity contribution in [2.45, 2.75) is 25.7 Å². The van der Waals surface area contributed by atoms with E-state index in [2.05, 4.69) is 23.1 Å². The average Bonchev–Trinajstić information content (AvgIpc) is 3.39. The van der Waals surface area contributed by atoms with E-state index in [9.17, 15) is 9.59 Å². The summed E-state index contributed by atoms with van der Waals surface area (Å²) in [6, 6.07) is 16.1. The molecule has 2 aromatic rings. The van der Waals surface area contributed by atoms with Gasteiger partial charge in [-0.1, -0.05) is 30.3 Å². The summed E-state index contributed by atoms with van der Waals surface area (Å²) in [7, 11) is 1.63. The first kappa shape index (κ1) is 20.5. The second kappa shape index (κ2) is 9.39. The van der Waals surface area contributed by atoms with Gasteiger partial charge in [-0.3, -0.25) is 14.5 Å². The molecule has 2 aliphatic rings. The summed E-state index contributed by atoms with van der Waals surface area (Å²) in [4.78, 5) is 29.3. The maximum atomic E-state index is 12.8. The number of carbonyl (C=O) groups is 2. The molecule has 156 valence electrons. The maximum absolute atomic E-state index is 12.8. The molecule has 2 aromatic carbocycles. The number of imide groups is 1. The summed E-state index contributed by atoms with van der Waals surface area (Å²) in [5, 5.41) is -0.202. The number of methoxy groups -OCH3 is 1. The first-order valence-corrected chi connectivity index (χ1v) is 11.2. The van der Waals surface area contributed by atoms with E-state index in [1.165, 1.54) is 23.3 Å². The van der Waals surface area contributed by atoms with Crippen molar-refractivity contribution in [3.8, 4) is 5.75 Å². The zero-order chi connectivity index (χ0) is 20.9. The summed E-state index contributed by atoms with van der Waals surface area (Å²) in [6.07, 6.45) is 5.79. The van der Waals surface area contributed by atoms with E-state index >= 15 is 0 Å². The van der Waals surface area contributed by atoms with E-state index in [1.807, 2.05) is 30.3 Å². The molecular formula is C24H26N2O3S. The van der Waals surface area contributed by atoms with Gasteiger partial charge in [0, 0.05) is 37.0 Å². The standard InChI is InChI=1S/C24H26N2O3S/c1-29-21-17-20(25-13-5-6-14-25)12-11-19(21)16-22-23(27)26(24(28)30-22)15-7-10-18-8-3-2-4-9-18/h2-4,8-9,11-12,16-17H,5-7,10,13-15H2,1H3/b22-16+. The van der Waals surface area contributed by atoms with Gasteiger partial charge in [0.1, 0.15) is 5.75 Å². The largest absolute Gasteiger partial charge is 0.496 e. The highest BCUT2D eigenvalue weighted by Gasteiger charge is 2.34. The number of hydrogen-bond acceptors (Lipinski definition) is 5. The van der Waals surface area contributed by atoms with Gasteiger partial charge >= 0.3 is 0 Å². The molecule has 2 amide bonds. The third-order valence-electron chi connectivity index (χ3n) is 5.54. The molecule has 0 unspecified atom stereocenters. The van der Waals surface area contributed by atoms with Crippen molar-refractivity contribution in [3.05, 3.63) is 64.6 Å². The third-order valence-corrected chi connectivity index (χ3v) is 6.45. The van der Waals surface area contributed by atoms with Crippen LogP contribution in [0.2, 0.25) is 0 Å². The molecule has 0 spiro atoms. The zero-order valence-corrected chi connectivity index (χ0v) is 18.0. The Kier molecular flexibility index (Phi) is 6.43. The van der Waals surface area contributed by atoms with Crippen LogP contribution in [0.4, 0.5) is 10.5 Å². The molecule has 2 saturated heterocycles. The predicted octanol–water partition coefficient (Wildman–Crippen LogP) is 4.96. The van der Waals surface area contributed by atoms with Crippen molar-refractivity contribution < 1.29 is 14.3 Å². The van der Waals surface area contributed by atoms with Crippen LogP contribution in [0.1, 0.15) is 30.4 Å². The van der Waals surface area contributed by atoms with Crippen LogP contribution in [-0.2, 0) is 11.2 Å². The predicted molar refractivity (Wildman–Crippen MR) is 122 cm³/mol. The third kappa shape index (κ3) is 4.54. The van der Waals surface area contributed by atoms with Crippen molar-refractivity contribution in [2.24, 2.45) is 0 Å². The van der Waals surface area contributed by atoms with Crippen molar-refractivity contribution in [3.63, 3.8) is 0 Å². The van der Waals surface area contributed by atoms with Gasteiger partial charge in [0.15, 0.2) is 0 Å². The summed E-state index contributed by atoms with van der Waals surface area (Å²) in [5.74, 6) is 0.499. The Morgan fingerprint density at radius 2 is 1.83 bits per heavy atom. The van der Waals surface area contributed by atoms with Gasteiger partial charge in [-0.25, -0.2) is 0 Å². The van der Waals surface area contributed by atoms with E-state index in [0.717, 1.165) is 54.7 Å². The molecule has 6 heteroatoms. The molecule has 2 heterocycles. The summed E-state index contributed by atoms with van der Waals surface area (Å²) in [5.41, 5.74) is 3.16. The van der Waals surface area contributed by atoms with Crippen LogP contribution < -0.4 is 9.64 Å². The van der Waals surface area contributed by atoms with Gasteiger partial charge < -0.3 is 9.64 Å². The Hall–Kier alpha value is -2.73. The Labute approximate surface area is 181 Å². The highest BCUT2D eigenvalue weighted by molar-refractivity contribution is 8.18. The smallest absolute Gasteiger partial charge is 0.293 e. The number of carbonyl (C=O) groups excluding carboxylic acids is 2. The molecular weight excluding hydrogens is 396 g/mol. The van der Waals surface area contributed by atoms with E-state index in [-0.39, 0.29) is 11.1 Å². The van der Waals surface area contributed by atoms with E-state index in [1.54, 1.807) is 13.2 Å². The van der Waals surface area contributed by atoms with Crippen LogP contribution in [0.15, 0.2) is 53.4 Å². The van der Waals surface area contributed by atoms with Gasteiger partial charge in [-0.05, 0) is 61.2 Å². The molecule has 0 radical (unpaired) electrons. The van der Waals surface area contributed by atoms with E-state index in [4.69, 9.17) is 4.74 Å². The molecule has 0 N–H and O–H groups in total. The van der Waals surface area contributed by atoms with Crippen molar-refractivity contribution in [1.29, 1.82) is 0 Å². The summed E-state index contributed by atoms with van der Waals surface area (Å²) < 4.78 is 5.57. The molecule has 0 saturated carbocycles. The molecule has 0 atom stereocenters. The fourth-order valence-corrected chi connectivity index (χ4v) is 4.77. The second-order valence-corrected chi connectivity index (χ2v) is 8.54. The van der Waals surface area contributed by atoms with Crippen LogP contribution in [0, 0.1) is 0 Å². The van der Waals surface area contributed by atoms with Crippen molar-refractivity contribution in [2.75, 3.05) is 31.6 Å². The lowest BCUT2D eigenvalue weighted by Gasteiger charge is -2.19. The number of thioether (sulfide) groups is 1. The van der Waals surface area contributed by atoms with Crippen LogP contribution in [0.5, 0.6) is 5.75 Å². The number of benzene rings is 2. The molecule has 5 nitrogen and oxygen atoms in total. The summed E-state index contributed by atoms with van der Waals surface area (Å²) >= 11 is 1.00. The zero-order valence-electron chi connectivity index (χ0n) is 17.2. The van der Waals surface area contributed by atoms with Crippen molar-refractivity contribution in [1.82, 2.24) is 4.90 Å². The molecule has 30 heavy (non-hydrogen) atoms. The maximum Gasteiger partial charge on any atom is 0.293 e. The SMILES string of the molecule is COc1cc(N2CCCC2)ccc1/C=C1/SC(=O)N(CCCc2ccccc2)C1=O. The fourth-order valence-electron chi connectivity index (χ4n) is 3.91. The van der Waals surface area contributed by atoms with Gasteiger partial charge in [-0.15, -0.1) is 0 Å². The van der Waals surface area contributed by atoms with Crippen LogP contribution >= 0.6 is 11.8 Å². The average molecular weight is 423 g/mol. The molecule has 2 fully saturated rings. The molecule has 0 aromatic heterocycles. The molecule has 2 aliphatic heterocycles. The topological polar surface area (TPSA) is 49.9 Å². The number of aryl methyl sites for hydroxylation is 1. The summed E-state index contributed by atoms with van der Waals surface area (Å²) in [6.45, 7) is 2.55. The minimum absolute atomic E-state index is 0.202. The Morgan fingerprint density at radius 1 is 1.07 bits per heavy atom. The number of nitrogens with zero attached hydrogens (tertiary/aromatic N) is 2. The van der Waals surface area contributed by atoms with Gasteiger partial charge in [0.2, 0.25) is 0 Å². The number of amides is 2. The van der Waals surface area contributed by atoms with E-state index < -0.39 is 0 Å². The lowest BCUT2D eigenvalue weighted by molar-refractivity contribution is -0.122. The normalized spacial score (nSPS) is 18.0. The van der Waals surface area contributed by atoms with E-state index in [0.29, 0.717) is 11.4 Å². The highest BCUT2D eigenvalue weighted by Crippen LogP contribution is 2.35. The number of rotatable bonds is 7. The number of hydrogen-bond donors (Lipinski definition) is 0. The minimum Gasteiger partial charge on any atom is -0.496 e. The first-order chi connectivity index (χ1) is 14.7. The van der Waals surface area contributed by atoms with Crippen LogP contribution in [0.3, 0.4) is 0 Å². The van der Waals surface area contributed by atoms with Crippen molar-refractivity contribution >= 4 is 34.7 Å². The Bertz CT molecular complexity index is 952. The lowest BCUT2D eigenvalue weighted by atomic mass is 10.1. The molecule has 0 bridgehead atoms. The first-order valence-electron chi connectivity index (χ1n) is 10.4. The van der Waals surface area contributed by atoms with Crippen LogP contribution in [0.25, 0.3) is 6.08 Å².